The highest BCUT2D eigenvalue weighted by Gasteiger charge is 1.91. The fourth-order valence-corrected chi connectivity index (χ4v) is 2.08. The van der Waals surface area contributed by atoms with Gasteiger partial charge in [0.2, 0.25) is 9.76 Å². The summed E-state index contributed by atoms with van der Waals surface area (Å²) < 4.78 is 24.5. The minimum Gasteiger partial charge on any atom is -0.750 e. The molecular formula is C6H7O3SSi-. The van der Waals surface area contributed by atoms with Crippen LogP contribution in [-0.2, 0) is 15.2 Å². The van der Waals surface area contributed by atoms with Crippen LogP contribution in [-0.4, -0.2) is 18.5 Å². The summed E-state index contributed by atoms with van der Waals surface area (Å²) in [5.41, 5.74) is 0. The molecule has 0 amide bonds. The molecule has 0 aromatic heterocycles. The van der Waals surface area contributed by atoms with Gasteiger partial charge in [0.1, 0.15) is 0 Å². The quantitative estimate of drug-likeness (QED) is 0.460. The first-order chi connectivity index (χ1) is 5.29. The summed E-state index contributed by atoms with van der Waals surface area (Å²) in [6.07, 6.45) is 0. The van der Waals surface area contributed by atoms with E-state index in [1.807, 2.05) is 30.3 Å². The number of rotatable bonds is 3. The van der Waals surface area contributed by atoms with E-state index in [2.05, 4.69) is 3.87 Å². The first-order valence-electron chi connectivity index (χ1n) is 3.05. The highest BCUT2D eigenvalue weighted by atomic mass is 32.2. The molecule has 3 nitrogen and oxygen atoms in total. The lowest BCUT2D eigenvalue weighted by molar-refractivity contribution is 0.453. The maximum absolute atomic E-state index is 9.99. The van der Waals surface area contributed by atoms with Gasteiger partial charge >= 0.3 is 0 Å². The Morgan fingerprint density at radius 1 is 1.36 bits per heavy atom. The van der Waals surface area contributed by atoms with E-state index in [1.165, 1.54) is 0 Å². The Morgan fingerprint density at radius 2 is 2.00 bits per heavy atom. The van der Waals surface area contributed by atoms with Crippen molar-refractivity contribution in [1.82, 2.24) is 0 Å². The summed E-state index contributed by atoms with van der Waals surface area (Å²) >= 11 is -2.35. The van der Waals surface area contributed by atoms with Crippen LogP contribution < -0.4 is 5.19 Å². The number of hydrogen-bond acceptors (Lipinski definition) is 3. The van der Waals surface area contributed by atoms with Gasteiger partial charge in [0.15, 0.2) is 0 Å². The van der Waals surface area contributed by atoms with E-state index >= 15 is 0 Å². The number of benzene rings is 1. The highest BCUT2D eigenvalue weighted by molar-refractivity contribution is 7.75. The van der Waals surface area contributed by atoms with Gasteiger partial charge in [0.25, 0.3) is 0 Å². The highest BCUT2D eigenvalue weighted by Crippen LogP contribution is 1.82. The molecule has 5 heteroatoms. The van der Waals surface area contributed by atoms with Crippen molar-refractivity contribution in [3.63, 3.8) is 0 Å². The lowest BCUT2D eigenvalue weighted by Gasteiger charge is -2.04. The molecule has 0 heterocycles. The van der Waals surface area contributed by atoms with Crippen LogP contribution in [0.25, 0.3) is 0 Å². The van der Waals surface area contributed by atoms with Gasteiger partial charge in [-0.1, -0.05) is 30.3 Å². The van der Waals surface area contributed by atoms with Crippen LogP contribution in [0.1, 0.15) is 0 Å². The molecule has 0 aliphatic rings. The molecule has 0 aliphatic carbocycles. The molecule has 0 N–H and O–H groups in total. The molecule has 1 aromatic carbocycles. The Bertz CT molecular complexity index is 239. The van der Waals surface area contributed by atoms with E-state index in [4.69, 9.17) is 0 Å². The van der Waals surface area contributed by atoms with Gasteiger partial charge in [0.05, 0.1) is 11.4 Å². The zero-order valence-corrected chi connectivity index (χ0v) is 7.96. The van der Waals surface area contributed by atoms with Gasteiger partial charge in [0, 0.05) is 0 Å². The summed E-state index contributed by atoms with van der Waals surface area (Å²) in [4.78, 5) is 0. The molecule has 0 bridgehead atoms. The SMILES string of the molecule is O=S([O-])O[SiH2]c1ccccc1. The van der Waals surface area contributed by atoms with Gasteiger partial charge < -0.3 is 8.42 Å². The smallest absolute Gasteiger partial charge is 0.213 e. The second-order valence-corrected chi connectivity index (χ2v) is 4.41. The molecule has 0 spiro atoms. The van der Waals surface area contributed by atoms with Crippen molar-refractivity contribution in [2.24, 2.45) is 0 Å². The van der Waals surface area contributed by atoms with Crippen molar-refractivity contribution in [1.29, 1.82) is 0 Å². The van der Waals surface area contributed by atoms with Gasteiger partial charge in [-0.2, -0.15) is 0 Å². The molecule has 0 aliphatic heterocycles. The Hall–Kier alpha value is -0.493. The van der Waals surface area contributed by atoms with E-state index in [1.54, 1.807) is 0 Å². The average Bonchev–Trinajstić information content (AvgIpc) is 2.03. The van der Waals surface area contributed by atoms with Crippen LogP contribution in [0.4, 0.5) is 0 Å². The maximum Gasteiger partial charge on any atom is 0.213 e. The molecule has 1 aromatic rings. The van der Waals surface area contributed by atoms with Crippen LogP contribution in [0.5, 0.6) is 0 Å². The normalized spacial score (nSPS) is 13.9. The van der Waals surface area contributed by atoms with Gasteiger partial charge in [-0.25, -0.2) is 4.21 Å². The van der Waals surface area contributed by atoms with Crippen molar-refractivity contribution in [2.45, 2.75) is 0 Å². The Labute approximate surface area is 69.8 Å². The first kappa shape index (κ1) is 8.60. The molecule has 1 unspecified atom stereocenters. The van der Waals surface area contributed by atoms with E-state index in [9.17, 15) is 8.76 Å². The molecule has 60 valence electrons. The molecule has 0 saturated heterocycles. The molecule has 11 heavy (non-hydrogen) atoms. The van der Waals surface area contributed by atoms with Crippen molar-refractivity contribution >= 4 is 26.3 Å². The summed E-state index contributed by atoms with van der Waals surface area (Å²) in [6.45, 7) is 0. The molecule has 1 atom stereocenters. The van der Waals surface area contributed by atoms with Crippen molar-refractivity contribution in [2.75, 3.05) is 0 Å². The molecule has 1 rings (SSSR count). The Balaban J connectivity index is 2.45. The molecular weight excluding hydrogens is 180 g/mol. The monoisotopic (exact) mass is 187 g/mol. The van der Waals surface area contributed by atoms with Crippen molar-refractivity contribution in [3.05, 3.63) is 30.3 Å². The molecule has 0 radical (unpaired) electrons. The molecule has 0 saturated carbocycles. The topological polar surface area (TPSA) is 49.4 Å². The van der Waals surface area contributed by atoms with Gasteiger partial charge in [-0.05, 0) is 5.19 Å². The van der Waals surface area contributed by atoms with E-state index in [-0.39, 0.29) is 0 Å². The third-order valence-electron chi connectivity index (χ3n) is 1.16. The Morgan fingerprint density at radius 3 is 2.55 bits per heavy atom. The van der Waals surface area contributed by atoms with E-state index in [0.717, 1.165) is 5.19 Å². The zero-order chi connectivity index (χ0) is 8.10. The fourth-order valence-electron chi connectivity index (χ4n) is 0.690. The van der Waals surface area contributed by atoms with Crippen LogP contribution in [0.15, 0.2) is 30.3 Å². The number of hydrogen-bond donors (Lipinski definition) is 0. The summed E-state index contributed by atoms with van der Waals surface area (Å²) in [6, 6.07) is 9.32. The predicted octanol–water partition coefficient (Wildman–Crippen LogP) is -0.794. The lowest BCUT2D eigenvalue weighted by atomic mass is 10.4. The minimum absolute atomic E-state index is 0.983. The molecule has 0 fully saturated rings. The second kappa shape index (κ2) is 4.40. The van der Waals surface area contributed by atoms with Gasteiger partial charge in [-0.3, -0.25) is 0 Å². The summed E-state index contributed by atoms with van der Waals surface area (Å²) in [7, 11) is -1.07. The second-order valence-electron chi connectivity index (χ2n) is 1.95. The summed E-state index contributed by atoms with van der Waals surface area (Å²) in [5, 5.41) is 0.983. The van der Waals surface area contributed by atoms with Crippen LogP contribution in [0, 0.1) is 0 Å². The van der Waals surface area contributed by atoms with Crippen LogP contribution >= 0.6 is 0 Å². The third kappa shape index (κ3) is 3.42. The van der Waals surface area contributed by atoms with Crippen LogP contribution in [0.3, 0.4) is 0 Å². The van der Waals surface area contributed by atoms with Crippen molar-refractivity contribution < 1.29 is 12.6 Å². The zero-order valence-electron chi connectivity index (χ0n) is 5.73. The minimum atomic E-state index is -2.35. The predicted molar refractivity (Wildman–Crippen MR) is 44.6 cm³/mol. The van der Waals surface area contributed by atoms with Gasteiger partial charge in [-0.15, -0.1) is 0 Å². The van der Waals surface area contributed by atoms with E-state index in [0.29, 0.717) is 0 Å². The van der Waals surface area contributed by atoms with Crippen molar-refractivity contribution in [3.8, 4) is 0 Å². The first-order valence-corrected chi connectivity index (χ1v) is 5.34. The maximum atomic E-state index is 9.99. The summed E-state index contributed by atoms with van der Waals surface area (Å²) in [5.74, 6) is 0. The fraction of sp³-hybridized carbons (Fsp3) is 0. The Kier molecular flexibility index (Phi) is 3.44. The lowest BCUT2D eigenvalue weighted by Crippen LogP contribution is -2.17. The average molecular weight is 187 g/mol. The largest absolute Gasteiger partial charge is 0.750 e. The van der Waals surface area contributed by atoms with Crippen LogP contribution in [0.2, 0.25) is 0 Å². The third-order valence-corrected chi connectivity index (χ3v) is 3.21. The van der Waals surface area contributed by atoms with E-state index < -0.39 is 21.1 Å². The standard InChI is InChI=1S/C6H8O3SSi/c7-10(8)9-11-6-4-2-1-3-5-6/h1-5H,11H2,(H,7,8)/p-1.